The zero-order valence-electron chi connectivity index (χ0n) is 16.3. The Balaban J connectivity index is 1.50. The van der Waals surface area contributed by atoms with Gasteiger partial charge in [0.1, 0.15) is 5.82 Å². The van der Waals surface area contributed by atoms with Crippen LogP contribution in [0.3, 0.4) is 0 Å². The number of hydrogen-bond donors (Lipinski definition) is 1. The lowest BCUT2D eigenvalue weighted by atomic mass is 10.1. The Labute approximate surface area is 174 Å². The number of hydrogen-bond acceptors (Lipinski definition) is 3. The van der Waals surface area contributed by atoms with E-state index in [-0.39, 0.29) is 24.2 Å². The maximum atomic E-state index is 14.1. The number of nitrogens with zero attached hydrogens (tertiary/aromatic N) is 3. The molecule has 0 radical (unpaired) electrons. The van der Waals surface area contributed by atoms with E-state index in [4.69, 9.17) is 12.2 Å². The van der Waals surface area contributed by atoms with Crippen molar-refractivity contribution in [3.8, 4) is 11.4 Å². The van der Waals surface area contributed by atoms with Gasteiger partial charge in [0.05, 0.1) is 0 Å². The molecule has 5 nitrogen and oxygen atoms in total. The lowest BCUT2D eigenvalue weighted by molar-refractivity contribution is -0.132. The van der Waals surface area contributed by atoms with Gasteiger partial charge in [-0.2, -0.15) is 5.10 Å². The van der Waals surface area contributed by atoms with E-state index < -0.39 is 0 Å². The smallest absolute Gasteiger partial charge is 0.224 e. The van der Waals surface area contributed by atoms with Crippen LogP contribution in [0.5, 0.6) is 0 Å². The van der Waals surface area contributed by atoms with Gasteiger partial charge in [-0.25, -0.2) is 4.39 Å². The van der Waals surface area contributed by atoms with E-state index in [0.29, 0.717) is 23.4 Å². The number of aromatic nitrogens is 3. The third-order valence-electron chi connectivity index (χ3n) is 5.19. The summed E-state index contributed by atoms with van der Waals surface area (Å²) in [7, 11) is 0. The van der Waals surface area contributed by atoms with Crippen LogP contribution < -0.4 is 0 Å². The molecule has 1 aromatic heterocycles. The number of carbonyl (C=O) groups is 1. The predicted molar refractivity (Wildman–Crippen MR) is 112 cm³/mol. The van der Waals surface area contributed by atoms with E-state index in [0.717, 1.165) is 29.8 Å². The Morgan fingerprint density at radius 1 is 1.28 bits per heavy atom. The zero-order chi connectivity index (χ0) is 20.4. The molecule has 0 unspecified atom stereocenters. The van der Waals surface area contributed by atoms with Crippen LogP contribution in [0.2, 0.25) is 0 Å². The van der Waals surface area contributed by atoms with Crippen molar-refractivity contribution in [2.45, 2.75) is 45.3 Å². The Hall–Kier alpha value is -2.80. The zero-order valence-corrected chi connectivity index (χ0v) is 17.1. The monoisotopic (exact) mass is 410 g/mol. The maximum absolute atomic E-state index is 14.1. The summed E-state index contributed by atoms with van der Waals surface area (Å²) in [5.41, 5.74) is 2.63. The topological polar surface area (TPSA) is 53.9 Å². The normalized spacial score (nSPS) is 13.4. The number of benzene rings is 2. The minimum absolute atomic E-state index is 0.00838. The van der Waals surface area contributed by atoms with E-state index >= 15 is 0 Å². The first-order valence-electron chi connectivity index (χ1n) is 9.78. The third kappa shape index (κ3) is 4.45. The molecule has 1 fully saturated rings. The Bertz CT molecular complexity index is 1090. The van der Waals surface area contributed by atoms with Crippen LogP contribution in [0.25, 0.3) is 11.4 Å². The average molecular weight is 411 g/mol. The van der Waals surface area contributed by atoms with Gasteiger partial charge < -0.3 is 4.90 Å². The van der Waals surface area contributed by atoms with Gasteiger partial charge in [0.15, 0.2) is 10.6 Å². The van der Waals surface area contributed by atoms with Crippen LogP contribution >= 0.6 is 12.2 Å². The molecular weight excluding hydrogens is 387 g/mol. The molecule has 1 heterocycles. The molecule has 1 aliphatic carbocycles. The summed E-state index contributed by atoms with van der Waals surface area (Å²) in [4.78, 5) is 14.8. The van der Waals surface area contributed by atoms with Crippen LogP contribution in [0.4, 0.5) is 4.39 Å². The highest BCUT2D eigenvalue weighted by Crippen LogP contribution is 2.29. The number of rotatable bonds is 7. The first-order chi connectivity index (χ1) is 14.0. The maximum Gasteiger partial charge on any atom is 0.224 e. The summed E-state index contributed by atoms with van der Waals surface area (Å²) < 4.78 is 16.4. The highest BCUT2D eigenvalue weighted by Gasteiger charge is 2.32. The molecule has 0 atom stereocenters. The molecule has 150 valence electrons. The quantitative estimate of drug-likeness (QED) is 0.578. The molecule has 1 N–H and O–H groups in total. The second-order valence-corrected chi connectivity index (χ2v) is 7.85. The molecule has 29 heavy (non-hydrogen) atoms. The number of amides is 1. The van der Waals surface area contributed by atoms with Crippen molar-refractivity contribution >= 4 is 18.1 Å². The van der Waals surface area contributed by atoms with Gasteiger partial charge in [-0.15, -0.1) is 0 Å². The molecule has 1 amide bonds. The number of aryl methyl sites for hydroxylation is 1. The predicted octanol–water partition coefficient (Wildman–Crippen LogP) is 4.64. The van der Waals surface area contributed by atoms with Gasteiger partial charge in [0.25, 0.3) is 0 Å². The van der Waals surface area contributed by atoms with E-state index in [1.807, 2.05) is 35.8 Å². The lowest BCUT2D eigenvalue weighted by Crippen LogP contribution is -2.33. The Morgan fingerprint density at radius 3 is 2.79 bits per heavy atom. The average Bonchev–Trinajstić information content (AvgIpc) is 3.48. The van der Waals surface area contributed by atoms with Gasteiger partial charge in [0.2, 0.25) is 5.91 Å². The molecule has 3 aromatic rings. The molecule has 1 saturated carbocycles. The molecule has 2 aromatic carbocycles. The van der Waals surface area contributed by atoms with E-state index in [9.17, 15) is 9.18 Å². The van der Waals surface area contributed by atoms with E-state index in [2.05, 4.69) is 10.2 Å². The fraction of sp³-hybridized carbons (Fsp3) is 0.318. The molecule has 4 rings (SSSR count). The van der Waals surface area contributed by atoms with Gasteiger partial charge in [-0.3, -0.25) is 14.5 Å². The van der Waals surface area contributed by atoms with Crippen LogP contribution in [-0.2, 0) is 17.9 Å². The van der Waals surface area contributed by atoms with Crippen molar-refractivity contribution in [3.63, 3.8) is 0 Å². The second kappa shape index (κ2) is 8.29. The van der Waals surface area contributed by atoms with Gasteiger partial charge >= 0.3 is 0 Å². The highest BCUT2D eigenvalue weighted by atomic mass is 32.1. The summed E-state index contributed by atoms with van der Waals surface area (Å²) >= 11 is 5.38. The lowest BCUT2D eigenvalue weighted by Gasteiger charge is -2.23. The molecule has 0 saturated heterocycles. The molecular formula is C22H23FN4OS. The number of carbonyl (C=O) groups excluding carboxylic acids is 1. The Kier molecular flexibility index (Phi) is 5.58. The number of halogens is 1. The Morgan fingerprint density at radius 2 is 2.07 bits per heavy atom. The SMILES string of the molecule is Cc1cccc(-c2n[nH]c(=S)n2CCC(=O)N(Cc2ccccc2F)C2CC2)c1. The minimum atomic E-state index is -0.273. The van der Waals surface area contributed by atoms with E-state index in [1.165, 1.54) is 6.07 Å². The highest BCUT2D eigenvalue weighted by molar-refractivity contribution is 7.71. The molecule has 0 aliphatic heterocycles. The summed E-state index contributed by atoms with van der Waals surface area (Å²) in [6.07, 6.45) is 2.23. The van der Waals surface area contributed by atoms with Crippen molar-refractivity contribution in [1.82, 2.24) is 19.7 Å². The van der Waals surface area contributed by atoms with Crippen molar-refractivity contribution < 1.29 is 9.18 Å². The fourth-order valence-electron chi connectivity index (χ4n) is 3.50. The molecule has 7 heteroatoms. The van der Waals surface area contributed by atoms with Crippen molar-refractivity contribution in [3.05, 3.63) is 70.2 Å². The summed E-state index contributed by atoms with van der Waals surface area (Å²) in [5, 5.41) is 7.18. The van der Waals surface area contributed by atoms with Crippen molar-refractivity contribution in [2.24, 2.45) is 0 Å². The number of aromatic amines is 1. The summed E-state index contributed by atoms with van der Waals surface area (Å²) in [5.74, 6) is 0.456. The van der Waals surface area contributed by atoms with Crippen LogP contribution in [-0.4, -0.2) is 31.6 Å². The van der Waals surface area contributed by atoms with Gasteiger partial charge in [0, 0.05) is 36.7 Å². The van der Waals surface area contributed by atoms with Crippen molar-refractivity contribution in [2.75, 3.05) is 0 Å². The summed E-state index contributed by atoms with van der Waals surface area (Å²) in [6, 6.07) is 14.8. The first kappa shape index (κ1) is 19.5. The summed E-state index contributed by atoms with van der Waals surface area (Å²) in [6.45, 7) is 2.75. The number of nitrogens with one attached hydrogen (secondary N) is 1. The number of H-pyrrole nitrogens is 1. The minimum Gasteiger partial charge on any atom is -0.335 e. The first-order valence-corrected chi connectivity index (χ1v) is 10.2. The second-order valence-electron chi connectivity index (χ2n) is 7.47. The van der Waals surface area contributed by atoms with Crippen LogP contribution in [0.1, 0.15) is 30.4 Å². The van der Waals surface area contributed by atoms with Crippen molar-refractivity contribution in [1.29, 1.82) is 0 Å². The van der Waals surface area contributed by atoms with Crippen LogP contribution in [0, 0.1) is 17.5 Å². The van der Waals surface area contributed by atoms with E-state index in [1.54, 1.807) is 23.1 Å². The standard InChI is InChI=1S/C22H23FN4OS/c1-15-5-4-7-16(13-15)21-24-25-22(29)26(21)12-11-20(28)27(18-9-10-18)14-17-6-2-3-8-19(17)23/h2-8,13,18H,9-12,14H2,1H3,(H,25,29). The largest absolute Gasteiger partial charge is 0.335 e. The fourth-order valence-corrected chi connectivity index (χ4v) is 3.72. The molecule has 1 aliphatic rings. The van der Waals surface area contributed by atoms with Gasteiger partial charge in [-0.05, 0) is 44.1 Å². The molecule has 0 spiro atoms. The third-order valence-corrected chi connectivity index (χ3v) is 5.50. The molecule has 0 bridgehead atoms. The van der Waals surface area contributed by atoms with Gasteiger partial charge in [-0.1, -0.05) is 42.0 Å². The van der Waals surface area contributed by atoms with Crippen LogP contribution in [0.15, 0.2) is 48.5 Å².